The van der Waals surface area contributed by atoms with Crippen molar-refractivity contribution in [3.8, 4) is 0 Å². The number of nitrogens with two attached hydrogens (primary N) is 1. The topological polar surface area (TPSA) is 26.0 Å². The van der Waals surface area contributed by atoms with Crippen LogP contribution in [0.1, 0.15) is 39.0 Å². The molecule has 3 rings (SSSR count). The number of hydrogen-bond donors (Lipinski definition) is 1. The van der Waals surface area contributed by atoms with Crippen molar-refractivity contribution in [3.05, 3.63) is 0 Å². The second kappa shape index (κ2) is 2.06. The molecule has 0 spiro atoms. The smallest absolute Gasteiger partial charge is 0.0131 e. The van der Waals surface area contributed by atoms with Crippen LogP contribution in [0, 0.1) is 23.7 Å². The van der Waals surface area contributed by atoms with Crippen LogP contribution in [0.25, 0.3) is 0 Å². The third kappa shape index (κ3) is 0.891. The van der Waals surface area contributed by atoms with Crippen LogP contribution in [0.3, 0.4) is 0 Å². The van der Waals surface area contributed by atoms with Crippen molar-refractivity contribution >= 4 is 0 Å². The first-order valence-corrected chi connectivity index (χ1v) is 5.43. The van der Waals surface area contributed by atoms with Crippen molar-refractivity contribution < 1.29 is 0 Å². The van der Waals surface area contributed by atoms with Gasteiger partial charge in [0.1, 0.15) is 0 Å². The molecule has 0 aromatic heterocycles. The molecule has 0 radical (unpaired) electrons. The van der Waals surface area contributed by atoms with Gasteiger partial charge in [-0.05, 0) is 62.7 Å². The molecular formula is C11H19N. The predicted molar refractivity (Wildman–Crippen MR) is 49.6 cm³/mol. The third-order valence-electron chi connectivity index (χ3n) is 4.54. The normalized spacial score (nSPS) is 62.5. The molecular weight excluding hydrogens is 146 g/mol. The van der Waals surface area contributed by atoms with E-state index in [0.29, 0.717) is 0 Å². The first-order valence-electron chi connectivity index (χ1n) is 5.43. The van der Waals surface area contributed by atoms with E-state index in [1.807, 2.05) is 0 Å². The van der Waals surface area contributed by atoms with Crippen molar-refractivity contribution in [1.82, 2.24) is 0 Å². The van der Waals surface area contributed by atoms with Crippen LogP contribution < -0.4 is 5.73 Å². The lowest BCUT2D eigenvalue weighted by Crippen LogP contribution is -2.44. The van der Waals surface area contributed by atoms with Gasteiger partial charge >= 0.3 is 0 Å². The maximum Gasteiger partial charge on any atom is 0.0131 e. The van der Waals surface area contributed by atoms with E-state index in [1.165, 1.54) is 32.1 Å². The van der Waals surface area contributed by atoms with Gasteiger partial charge in [0.05, 0.1) is 0 Å². The Morgan fingerprint density at radius 2 is 1.92 bits per heavy atom. The number of rotatable bonds is 0. The average molecular weight is 165 g/mol. The molecule has 0 aromatic carbocycles. The lowest BCUT2D eigenvalue weighted by molar-refractivity contribution is 0.0718. The molecule has 0 aliphatic heterocycles. The molecule has 0 heterocycles. The molecule has 0 amide bonds. The molecule has 3 aliphatic rings. The minimum atomic E-state index is 0.176. The first kappa shape index (κ1) is 7.37. The van der Waals surface area contributed by atoms with E-state index >= 15 is 0 Å². The Hall–Kier alpha value is -0.0400. The average Bonchev–Trinajstić information content (AvgIpc) is 2.16. The highest BCUT2D eigenvalue weighted by atomic mass is 14.8. The van der Waals surface area contributed by atoms with E-state index in [4.69, 9.17) is 5.73 Å². The zero-order chi connectivity index (χ0) is 8.34. The van der Waals surface area contributed by atoms with Gasteiger partial charge in [0, 0.05) is 5.54 Å². The molecule has 5 unspecified atom stereocenters. The summed E-state index contributed by atoms with van der Waals surface area (Å²) in [6, 6.07) is 0. The molecule has 2 N–H and O–H groups in total. The van der Waals surface area contributed by atoms with Gasteiger partial charge < -0.3 is 5.73 Å². The summed E-state index contributed by atoms with van der Waals surface area (Å²) in [7, 11) is 0. The van der Waals surface area contributed by atoms with E-state index in [0.717, 1.165) is 23.7 Å². The summed E-state index contributed by atoms with van der Waals surface area (Å²) in [6.07, 6.45) is 7.14. The minimum absolute atomic E-state index is 0.176. The lowest BCUT2D eigenvalue weighted by atomic mass is 9.62. The summed E-state index contributed by atoms with van der Waals surface area (Å²) < 4.78 is 0. The highest BCUT2D eigenvalue weighted by Crippen LogP contribution is 2.59. The first-order chi connectivity index (χ1) is 5.64. The fourth-order valence-corrected chi connectivity index (χ4v) is 4.24. The maximum absolute atomic E-state index is 6.28. The van der Waals surface area contributed by atoms with Crippen LogP contribution in [0.2, 0.25) is 0 Å². The Morgan fingerprint density at radius 1 is 1.08 bits per heavy atom. The van der Waals surface area contributed by atoms with E-state index in [2.05, 4.69) is 6.92 Å². The summed E-state index contributed by atoms with van der Waals surface area (Å²) in [5, 5.41) is 0. The second-order valence-corrected chi connectivity index (χ2v) is 5.82. The molecule has 0 saturated heterocycles. The van der Waals surface area contributed by atoms with Crippen LogP contribution in [-0.4, -0.2) is 5.54 Å². The Kier molecular flexibility index (Phi) is 1.27. The van der Waals surface area contributed by atoms with Gasteiger partial charge in [-0.25, -0.2) is 0 Å². The zero-order valence-corrected chi connectivity index (χ0v) is 7.92. The molecule has 5 atom stereocenters. The molecule has 1 heteroatoms. The quantitative estimate of drug-likeness (QED) is 0.585. The van der Waals surface area contributed by atoms with Crippen molar-refractivity contribution in [2.75, 3.05) is 0 Å². The van der Waals surface area contributed by atoms with Gasteiger partial charge in [0.2, 0.25) is 0 Å². The van der Waals surface area contributed by atoms with Gasteiger partial charge in [0.25, 0.3) is 0 Å². The van der Waals surface area contributed by atoms with Crippen LogP contribution in [0.4, 0.5) is 0 Å². The molecule has 1 nitrogen and oxygen atoms in total. The largest absolute Gasteiger partial charge is 0.325 e. The monoisotopic (exact) mass is 165 g/mol. The Labute approximate surface area is 74.7 Å². The summed E-state index contributed by atoms with van der Waals surface area (Å²) in [5.41, 5.74) is 6.46. The Morgan fingerprint density at radius 3 is 2.75 bits per heavy atom. The van der Waals surface area contributed by atoms with Crippen LogP contribution >= 0.6 is 0 Å². The second-order valence-electron chi connectivity index (χ2n) is 5.82. The van der Waals surface area contributed by atoms with Gasteiger partial charge in [-0.3, -0.25) is 0 Å². The molecule has 2 bridgehead atoms. The van der Waals surface area contributed by atoms with Gasteiger partial charge in [-0.1, -0.05) is 0 Å². The van der Waals surface area contributed by atoms with Crippen molar-refractivity contribution in [1.29, 1.82) is 0 Å². The highest BCUT2D eigenvalue weighted by molar-refractivity contribution is 5.04. The van der Waals surface area contributed by atoms with E-state index in [1.54, 1.807) is 0 Å². The van der Waals surface area contributed by atoms with Crippen LogP contribution in [0.5, 0.6) is 0 Å². The minimum Gasteiger partial charge on any atom is -0.325 e. The molecule has 0 aromatic rings. The molecule has 3 saturated carbocycles. The highest BCUT2D eigenvalue weighted by Gasteiger charge is 2.52. The predicted octanol–water partition coefficient (Wildman–Crippen LogP) is 2.16. The summed E-state index contributed by atoms with van der Waals surface area (Å²) in [6.45, 7) is 2.26. The van der Waals surface area contributed by atoms with Crippen molar-refractivity contribution in [2.24, 2.45) is 29.4 Å². The van der Waals surface area contributed by atoms with Gasteiger partial charge in [-0.2, -0.15) is 0 Å². The Bertz CT molecular complexity index is 203. The fourth-order valence-electron chi connectivity index (χ4n) is 4.24. The third-order valence-corrected chi connectivity index (χ3v) is 4.54. The van der Waals surface area contributed by atoms with E-state index in [9.17, 15) is 0 Å². The molecule has 12 heavy (non-hydrogen) atoms. The molecule has 3 aliphatic carbocycles. The Balaban J connectivity index is 1.87. The van der Waals surface area contributed by atoms with Crippen LogP contribution in [-0.2, 0) is 0 Å². The van der Waals surface area contributed by atoms with Crippen molar-refractivity contribution in [2.45, 2.75) is 44.6 Å². The van der Waals surface area contributed by atoms with Crippen molar-refractivity contribution in [3.63, 3.8) is 0 Å². The fraction of sp³-hybridized carbons (Fsp3) is 1.00. The van der Waals surface area contributed by atoms with E-state index in [-0.39, 0.29) is 5.54 Å². The lowest BCUT2D eigenvalue weighted by Gasteiger charge is -2.44. The standard InChI is InChI=1S/C11H19N/c1-11(12)5-7-2-8-4-9(6-11)10(8)3-7/h7-10H,2-6,12H2,1H3. The maximum atomic E-state index is 6.28. The molecule has 3 fully saturated rings. The molecule has 68 valence electrons. The zero-order valence-electron chi connectivity index (χ0n) is 7.92. The number of hydrogen-bond acceptors (Lipinski definition) is 1. The summed E-state index contributed by atoms with van der Waals surface area (Å²) >= 11 is 0. The van der Waals surface area contributed by atoms with Gasteiger partial charge in [0.15, 0.2) is 0 Å². The summed E-state index contributed by atoms with van der Waals surface area (Å²) in [5.74, 6) is 4.22. The van der Waals surface area contributed by atoms with Crippen LogP contribution in [0.15, 0.2) is 0 Å². The number of fused-ring (bicyclic) bond motifs is 1. The SMILES string of the molecule is CC1(N)CC2CC3CC(C1)C3C2. The van der Waals surface area contributed by atoms with Gasteiger partial charge in [-0.15, -0.1) is 0 Å². The summed E-state index contributed by atoms with van der Waals surface area (Å²) in [4.78, 5) is 0. The van der Waals surface area contributed by atoms with E-state index < -0.39 is 0 Å².